The van der Waals surface area contributed by atoms with Crippen LogP contribution in [0.3, 0.4) is 0 Å². The van der Waals surface area contributed by atoms with Crippen LogP contribution in [-0.4, -0.2) is 57.2 Å². The first kappa shape index (κ1) is 21.8. The molecule has 6 nitrogen and oxygen atoms in total. The van der Waals surface area contributed by atoms with Gasteiger partial charge in [0, 0.05) is 42.2 Å². The fourth-order valence-electron chi connectivity index (χ4n) is 3.10. The van der Waals surface area contributed by atoms with Crippen LogP contribution >= 0.6 is 34.5 Å². The van der Waals surface area contributed by atoms with Gasteiger partial charge in [-0.1, -0.05) is 29.3 Å². The number of carbonyl (C=O) groups excluding carboxylic acids is 2. The molecular weight excluding hydrogens is 435 g/mol. The summed E-state index contributed by atoms with van der Waals surface area (Å²) in [6.07, 6.45) is 0. The number of thiophene rings is 1. The van der Waals surface area contributed by atoms with Gasteiger partial charge in [0.15, 0.2) is 0 Å². The van der Waals surface area contributed by atoms with Crippen molar-refractivity contribution < 1.29 is 19.1 Å². The number of imide groups is 1. The first-order valence-corrected chi connectivity index (χ1v) is 10.5. The van der Waals surface area contributed by atoms with Gasteiger partial charge in [0.25, 0.3) is 11.8 Å². The highest BCUT2D eigenvalue weighted by Crippen LogP contribution is 2.37. The third kappa shape index (κ3) is 4.65. The molecule has 3 rings (SSSR count). The van der Waals surface area contributed by atoms with Crippen molar-refractivity contribution in [1.29, 1.82) is 0 Å². The van der Waals surface area contributed by atoms with Crippen molar-refractivity contribution in [3.8, 4) is 0 Å². The monoisotopic (exact) mass is 454 g/mol. The molecule has 0 unspecified atom stereocenters. The van der Waals surface area contributed by atoms with Gasteiger partial charge < -0.3 is 14.4 Å². The molecule has 0 spiro atoms. The number of methoxy groups -OCH3 is 2. The topological polar surface area (TPSA) is 59.1 Å². The van der Waals surface area contributed by atoms with E-state index < -0.39 is 11.8 Å². The standard InChI is InChI=1S/C20H20Cl2N2O4S/c1-27-7-5-23(6-8-28-2)18-17(16-4-3-9-29-16)19(25)24(20(18)26)15-11-13(21)10-14(22)12-15/h3-4,9-12H,5-8H2,1-2H3. The highest BCUT2D eigenvalue weighted by molar-refractivity contribution is 7.11. The quantitative estimate of drug-likeness (QED) is 0.537. The van der Waals surface area contributed by atoms with Crippen molar-refractivity contribution in [1.82, 2.24) is 4.90 Å². The van der Waals surface area contributed by atoms with Crippen molar-refractivity contribution in [2.45, 2.75) is 0 Å². The van der Waals surface area contributed by atoms with Gasteiger partial charge >= 0.3 is 0 Å². The van der Waals surface area contributed by atoms with Gasteiger partial charge in [-0.15, -0.1) is 11.3 Å². The lowest BCUT2D eigenvalue weighted by Gasteiger charge is -2.25. The second-order valence-corrected chi connectivity index (χ2v) is 8.07. The summed E-state index contributed by atoms with van der Waals surface area (Å²) in [5.41, 5.74) is 1.01. The largest absolute Gasteiger partial charge is 0.383 e. The summed E-state index contributed by atoms with van der Waals surface area (Å²) in [5.74, 6) is -0.838. The third-order valence-corrected chi connectivity index (χ3v) is 5.70. The van der Waals surface area contributed by atoms with Gasteiger partial charge in [-0.25, -0.2) is 4.90 Å². The Morgan fingerprint density at radius 3 is 2.14 bits per heavy atom. The Kier molecular flexibility index (Phi) is 7.32. The number of halogens is 2. The molecule has 1 aliphatic rings. The van der Waals surface area contributed by atoms with Crippen LogP contribution < -0.4 is 4.90 Å². The molecule has 0 radical (unpaired) electrons. The predicted octanol–water partition coefficient (Wildman–Crippen LogP) is 3.93. The molecule has 0 saturated carbocycles. The molecule has 9 heteroatoms. The first-order valence-electron chi connectivity index (χ1n) is 8.83. The summed E-state index contributed by atoms with van der Waals surface area (Å²) < 4.78 is 10.4. The van der Waals surface area contributed by atoms with Gasteiger partial charge in [-0.3, -0.25) is 9.59 Å². The zero-order chi connectivity index (χ0) is 21.0. The number of benzene rings is 1. The number of rotatable bonds is 9. The highest BCUT2D eigenvalue weighted by Gasteiger charge is 2.43. The van der Waals surface area contributed by atoms with Crippen LogP contribution in [0, 0.1) is 0 Å². The van der Waals surface area contributed by atoms with Crippen LogP contribution in [0.15, 0.2) is 41.4 Å². The number of anilines is 1. The maximum absolute atomic E-state index is 13.5. The second-order valence-electron chi connectivity index (χ2n) is 6.25. The van der Waals surface area contributed by atoms with Gasteiger partial charge in [0.2, 0.25) is 0 Å². The molecule has 1 aliphatic heterocycles. The van der Waals surface area contributed by atoms with E-state index in [9.17, 15) is 9.59 Å². The lowest BCUT2D eigenvalue weighted by atomic mass is 10.1. The Morgan fingerprint density at radius 1 is 1.00 bits per heavy atom. The molecule has 2 amide bonds. The van der Waals surface area contributed by atoms with E-state index in [1.807, 2.05) is 22.4 Å². The molecule has 154 valence electrons. The lowest BCUT2D eigenvalue weighted by molar-refractivity contribution is -0.120. The minimum atomic E-state index is -0.427. The normalized spacial score (nSPS) is 14.3. The third-order valence-electron chi connectivity index (χ3n) is 4.38. The molecule has 29 heavy (non-hydrogen) atoms. The number of amides is 2. The Balaban J connectivity index is 2.09. The molecule has 0 bridgehead atoms. The van der Waals surface area contributed by atoms with Gasteiger partial charge in [-0.2, -0.15) is 0 Å². The molecule has 0 fully saturated rings. The summed E-state index contributed by atoms with van der Waals surface area (Å²) in [6, 6.07) is 8.32. The SMILES string of the molecule is COCCN(CCOC)C1=C(c2cccs2)C(=O)N(c2cc(Cl)cc(Cl)c2)C1=O. The summed E-state index contributed by atoms with van der Waals surface area (Å²) in [6.45, 7) is 1.67. The molecule has 1 aromatic heterocycles. The first-order chi connectivity index (χ1) is 14.0. The molecular formula is C20H20Cl2N2O4S. The summed E-state index contributed by atoms with van der Waals surface area (Å²) in [5, 5.41) is 2.55. The summed E-state index contributed by atoms with van der Waals surface area (Å²) >= 11 is 13.6. The van der Waals surface area contributed by atoms with Crippen molar-refractivity contribution in [2.24, 2.45) is 0 Å². The Morgan fingerprint density at radius 2 is 1.62 bits per heavy atom. The van der Waals surface area contributed by atoms with E-state index in [4.69, 9.17) is 32.7 Å². The number of nitrogens with zero attached hydrogens (tertiary/aromatic N) is 2. The van der Waals surface area contributed by atoms with Crippen LogP contribution in [0.5, 0.6) is 0 Å². The molecule has 1 aromatic carbocycles. The fourth-order valence-corrected chi connectivity index (χ4v) is 4.37. The molecule has 0 atom stereocenters. The molecule has 0 aliphatic carbocycles. The van der Waals surface area contributed by atoms with E-state index in [-0.39, 0.29) is 0 Å². The van der Waals surface area contributed by atoms with Crippen molar-refractivity contribution >= 4 is 57.6 Å². The van der Waals surface area contributed by atoms with Gasteiger partial charge in [0.05, 0.1) is 24.5 Å². The Labute approximate surface area is 183 Å². The average Bonchev–Trinajstić information content (AvgIpc) is 3.27. The van der Waals surface area contributed by atoms with E-state index in [1.54, 1.807) is 32.4 Å². The summed E-state index contributed by atoms with van der Waals surface area (Å²) in [4.78, 5) is 30.5. The average molecular weight is 455 g/mol. The fraction of sp³-hybridized carbons (Fsp3) is 0.300. The van der Waals surface area contributed by atoms with Crippen molar-refractivity contribution in [3.05, 3.63) is 56.3 Å². The van der Waals surface area contributed by atoms with E-state index in [0.29, 0.717) is 58.2 Å². The van der Waals surface area contributed by atoms with Crippen molar-refractivity contribution in [2.75, 3.05) is 45.4 Å². The van der Waals surface area contributed by atoms with E-state index in [1.165, 1.54) is 11.3 Å². The Bertz CT molecular complexity index is 902. The number of hydrogen-bond acceptors (Lipinski definition) is 6. The van der Waals surface area contributed by atoms with Crippen LogP contribution in [0.4, 0.5) is 5.69 Å². The highest BCUT2D eigenvalue weighted by atomic mass is 35.5. The van der Waals surface area contributed by atoms with Gasteiger partial charge in [-0.05, 0) is 29.6 Å². The second kappa shape index (κ2) is 9.73. The van der Waals surface area contributed by atoms with Gasteiger partial charge in [0.1, 0.15) is 5.70 Å². The maximum Gasteiger partial charge on any atom is 0.282 e. The minimum Gasteiger partial charge on any atom is -0.383 e. The van der Waals surface area contributed by atoms with Crippen LogP contribution in [0.25, 0.3) is 5.57 Å². The predicted molar refractivity (Wildman–Crippen MR) is 116 cm³/mol. The molecule has 2 aromatic rings. The maximum atomic E-state index is 13.5. The van der Waals surface area contributed by atoms with E-state index >= 15 is 0 Å². The zero-order valence-corrected chi connectivity index (χ0v) is 18.3. The van der Waals surface area contributed by atoms with E-state index in [2.05, 4.69) is 0 Å². The zero-order valence-electron chi connectivity index (χ0n) is 16.0. The van der Waals surface area contributed by atoms with Crippen molar-refractivity contribution in [3.63, 3.8) is 0 Å². The van der Waals surface area contributed by atoms with Crippen LogP contribution in [-0.2, 0) is 19.1 Å². The number of hydrogen-bond donors (Lipinski definition) is 0. The number of ether oxygens (including phenoxy) is 2. The Hall–Kier alpha value is -1.90. The molecule has 0 saturated heterocycles. The lowest BCUT2D eigenvalue weighted by Crippen LogP contribution is -2.37. The minimum absolute atomic E-state index is 0.322. The smallest absolute Gasteiger partial charge is 0.282 e. The van der Waals surface area contributed by atoms with Crippen LogP contribution in [0.1, 0.15) is 4.88 Å². The summed E-state index contributed by atoms with van der Waals surface area (Å²) in [7, 11) is 3.18. The molecule has 0 N–H and O–H groups in total. The molecule has 2 heterocycles. The van der Waals surface area contributed by atoms with E-state index in [0.717, 1.165) is 4.90 Å². The number of carbonyl (C=O) groups is 2. The van der Waals surface area contributed by atoms with Crippen LogP contribution in [0.2, 0.25) is 10.0 Å².